The van der Waals surface area contributed by atoms with Crippen LogP contribution in [0.25, 0.3) is 0 Å². The highest BCUT2D eigenvalue weighted by molar-refractivity contribution is 5.58. The second kappa shape index (κ2) is 8.39. The van der Waals surface area contributed by atoms with Crippen molar-refractivity contribution < 1.29 is 9.92 Å². The number of unbranched alkanes of at least 4 members (excludes halogenated alkanes) is 1. The first-order chi connectivity index (χ1) is 10.3. The lowest BCUT2D eigenvalue weighted by molar-refractivity contribution is -0.769. The van der Waals surface area contributed by atoms with Crippen LogP contribution in [0.3, 0.4) is 0 Å². The maximum atomic E-state index is 10.6. The number of benzene rings is 1. The number of hydrogen-bond acceptors (Lipinski definition) is 4. The molecule has 0 spiro atoms. The number of hydrogen-bond donors (Lipinski definition) is 0. The van der Waals surface area contributed by atoms with Gasteiger partial charge in [-0.2, -0.15) is 0 Å². The van der Waals surface area contributed by atoms with Gasteiger partial charge in [0.1, 0.15) is 6.10 Å². The van der Waals surface area contributed by atoms with Gasteiger partial charge >= 0.3 is 0 Å². The lowest BCUT2D eigenvalue weighted by atomic mass is 9.97. The summed E-state index contributed by atoms with van der Waals surface area (Å²) in [6, 6.07) is 10.2. The molecule has 2 atom stereocenters. The molecule has 0 aromatic heterocycles. The Balaban J connectivity index is 1.77. The van der Waals surface area contributed by atoms with Crippen molar-refractivity contribution in [3.63, 3.8) is 0 Å². The summed E-state index contributed by atoms with van der Waals surface area (Å²) < 4.78 is 0. The zero-order valence-electron chi connectivity index (χ0n) is 12.2. The average molecular weight is 290 g/mol. The summed E-state index contributed by atoms with van der Waals surface area (Å²) in [7, 11) is 0. The van der Waals surface area contributed by atoms with Gasteiger partial charge in [0, 0.05) is 0 Å². The molecular formula is C16H22N2O3. The fourth-order valence-corrected chi connectivity index (χ4v) is 2.73. The molecule has 5 nitrogen and oxygen atoms in total. The van der Waals surface area contributed by atoms with Crippen molar-refractivity contribution in [1.82, 2.24) is 0 Å². The molecule has 0 aliphatic carbocycles. The summed E-state index contributed by atoms with van der Waals surface area (Å²) in [5.74, 6) is 0. The van der Waals surface area contributed by atoms with Crippen molar-refractivity contribution in [3.8, 4) is 0 Å². The Bertz CT molecular complexity index is 462. The van der Waals surface area contributed by atoms with Crippen LogP contribution in [0.4, 0.5) is 0 Å². The van der Waals surface area contributed by atoms with E-state index in [2.05, 4.69) is 17.1 Å². The summed E-state index contributed by atoms with van der Waals surface area (Å²) in [5, 5.41) is 9.96. The van der Waals surface area contributed by atoms with Gasteiger partial charge in [-0.15, -0.1) is 10.1 Å². The smallest absolute Gasteiger partial charge is 0.294 e. The molecule has 1 aliphatic heterocycles. The van der Waals surface area contributed by atoms with Crippen LogP contribution < -0.4 is 0 Å². The maximum Gasteiger partial charge on any atom is 0.294 e. The minimum Gasteiger partial charge on any atom is -0.308 e. The highest BCUT2D eigenvalue weighted by atomic mass is 17.0. The van der Waals surface area contributed by atoms with E-state index in [1.54, 1.807) is 0 Å². The molecule has 2 rings (SSSR count). The minimum absolute atomic E-state index is 0.0547. The Kier molecular flexibility index (Phi) is 6.19. The van der Waals surface area contributed by atoms with Crippen LogP contribution >= 0.6 is 0 Å². The first-order valence-electron chi connectivity index (χ1n) is 7.62. The fourth-order valence-electron chi connectivity index (χ4n) is 2.73. The van der Waals surface area contributed by atoms with Crippen molar-refractivity contribution >= 4 is 6.21 Å². The third-order valence-electron chi connectivity index (χ3n) is 3.83. The van der Waals surface area contributed by atoms with Crippen LogP contribution in [-0.2, 0) is 11.3 Å². The van der Waals surface area contributed by atoms with E-state index >= 15 is 0 Å². The Labute approximate surface area is 125 Å². The zero-order valence-corrected chi connectivity index (χ0v) is 12.2. The SMILES string of the molecule is O=[N+]([O-])OC(CCCCc1ccccc1)C1CCCC=N1. The largest absolute Gasteiger partial charge is 0.308 e. The minimum atomic E-state index is -0.675. The van der Waals surface area contributed by atoms with E-state index in [0.29, 0.717) is 6.42 Å². The first-order valence-corrected chi connectivity index (χ1v) is 7.62. The van der Waals surface area contributed by atoms with Gasteiger partial charge in [-0.1, -0.05) is 36.8 Å². The van der Waals surface area contributed by atoms with Gasteiger partial charge in [-0.05, 0) is 50.3 Å². The van der Waals surface area contributed by atoms with E-state index in [-0.39, 0.29) is 6.04 Å². The second-order valence-electron chi connectivity index (χ2n) is 5.43. The van der Waals surface area contributed by atoms with Gasteiger partial charge in [0.15, 0.2) is 0 Å². The quantitative estimate of drug-likeness (QED) is 0.417. The Morgan fingerprint density at radius 2 is 2.14 bits per heavy atom. The predicted molar refractivity (Wildman–Crippen MR) is 82.0 cm³/mol. The topological polar surface area (TPSA) is 64.7 Å². The summed E-state index contributed by atoms with van der Waals surface area (Å²) in [6.45, 7) is 0. The summed E-state index contributed by atoms with van der Waals surface area (Å²) in [4.78, 5) is 19.9. The third kappa shape index (κ3) is 5.53. The van der Waals surface area contributed by atoms with Crippen molar-refractivity contribution in [2.24, 2.45) is 4.99 Å². The summed E-state index contributed by atoms with van der Waals surface area (Å²) in [5.41, 5.74) is 1.31. The van der Waals surface area contributed by atoms with Crippen LogP contribution in [0.15, 0.2) is 35.3 Å². The third-order valence-corrected chi connectivity index (χ3v) is 3.83. The number of nitrogens with zero attached hydrogens (tertiary/aromatic N) is 2. The lowest BCUT2D eigenvalue weighted by Crippen LogP contribution is -2.31. The molecule has 0 amide bonds. The fraction of sp³-hybridized carbons (Fsp3) is 0.562. The van der Waals surface area contributed by atoms with E-state index in [4.69, 9.17) is 4.84 Å². The van der Waals surface area contributed by atoms with Gasteiger partial charge in [0.2, 0.25) is 0 Å². The average Bonchev–Trinajstić information content (AvgIpc) is 2.52. The molecule has 1 heterocycles. The Hall–Kier alpha value is -1.91. The Morgan fingerprint density at radius 1 is 1.33 bits per heavy atom. The molecule has 2 unspecified atom stereocenters. The molecule has 0 N–H and O–H groups in total. The second-order valence-corrected chi connectivity index (χ2v) is 5.43. The van der Waals surface area contributed by atoms with E-state index in [1.807, 2.05) is 24.4 Å². The molecule has 0 radical (unpaired) electrons. The van der Waals surface area contributed by atoms with Crippen molar-refractivity contribution in [1.29, 1.82) is 0 Å². The standard InChI is InChI=1S/C16H22N2O3/c19-18(20)21-16(15-11-6-7-13-17-15)12-5-4-10-14-8-2-1-3-9-14/h1-3,8-9,13,15-16H,4-7,10-12H2. The van der Waals surface area contributed by atoms with Crippen molar-refractivity contribution in [3.05, 3.63) is 46.0 Å². The monoisotopic (exact) mass is 290 g/mol. The number of aryl methyl sites for hydroxylation is 1. The normalized spacial score (nSPS) is 19.1. The summed E-state index contributed by atoms with van der Waals surface area (Å²) >= 11 is 0. The molecule has 21 heavy (non-hydrogen) atoms. The van der Waals surface area contributed by atoms with E-state index in [1.165, 1.54) is 5.56 Å². The molecule has 5 heteroatoms. The number of aliphatic imine (C=N–C) groups is 1. The highest BCUT2D eigenvalue weighted by Crippen LogP contribution is 2.20. The van der Waals surface area contributed by atoms with Crippen LogP contribution in [-0.4, -0.2) is 23.4 Å². The van der Waals surface area contributed by atoms with E-state index in [9.17, 15) is 10.1 Å². The molecule has 1 aromatic rings. The van der Waals surface area contributed by atoms with E-state index in [0.717, 1.165) is 38.5 Å². The van der Waals surface area contributed by atoms with Crippen LogP contribution in [0.2, 0.25) is 0 Å². The van der Waals surface area contributed by atoms with Gasteiger partial charge < -0.3 is 4.84 Å². The van der Waals surface area contributed by atoms with Crippen LogP contribution in [0, 0.1) is 10.1 Å². The molecule has 0 saturated carbocycles. The van der Waals surface area contributed by atoms with Crippen LogP contribution in [0.1, 0.15) is 44.1 Å². The molecule has 0 saturated heterocycles. The molecule has 1 aromatic carbocycles. The summed E-state index contributed by atoms with van der Waals surface area (Å²) in [6.07, 6.45) is 7.98. The molecule has 114 valence electrons. The Morgan fingerprint density at radius 3 is 2.81 bits per heavy atom. The van der Waals surface area contributed by atoms with Gasteiger partial charge in [0.05, 0.1) is 6.04 Å². The predicted octanol–water partition coefficient (Wildman–Crippen LogP) is 3.60. The van der Waals surface area contributed by atoms with Gasteiger partial charge in [-0.3, -0.25) is 4.99 Å². The van der Waals surface area contributed by atoms with Gasteiger partial charge in [0.25, 0.3) is 5.09 Å². The first kappa shape index (κ1) is 15.5. The molecule has 0 fully saturated rings. The highest BCUT2D eigenvalue weighted by Gasteiger charge is 2.24. The molecular weight excluding hydrogens is 268 g/mol. The van der Waals surface area contributed by atoms with E-state index < -0.39 is 11.2 Å². The van der Waals surface area contributed by atoms with Crippen molar-refractivity contribution in [2.75, 3.05) is 0 Å². The lowest BCUT2D eigenvalue weighted by Gasteiger charge is -2.24. The zero-order chi connectivity index (χ0) is 14.9. The number of rotatable bonds is 8. The van der Waals surface area contributed by atoms with Crippen molar-refractivity contribution in [2.45, 2.75) is 57.1 Å². The van der Waals surface area contributed by atoms with Crippen LogP contribution in [0.5, 0.6) is 0 Å². The molecule has 1 aliphatic rings. The van der Waals surface area contributed by atoms with Gasteiger partial charge in [-0.25, -0.2) is 0 Å². The molecule has 0 bridgehead atoms. The maximum absolute atomic E-state index is 10.6.